The number of carboxylic acids is 2. The Labute approximate surface area is 175 Å². The highest BCUT2D eigenvalue weighted by molar-refractivity contribution is 6.00. The minimum atomic E-state index is -2.80. The summed E-state index contributed by atoms with van der Waals surface area (Å²) in [6.45, 7) is 4.36. The fourth-order valence-corrected chi connectivity index (χ4v) is 2.99. The van der Waals surface area contributed by atoms with Gasteiger partial charge in [0.15, 0.2) is 0 Å². The predicted octanol–water partition coefficient (Wildman–Crippen LogP) is 2.14. The first-order valence-corrected chi connectivity index (χ1v) is 9.46. The fourth-order valence-electron chi connectivity index (χ4n) is 2.99. The van der Waals surface area contributed by atoms with Gasteiger partial charge in [-0.1, -0.05) is 42.0 Å². The van der Waals surface area contributed by atoms with Crippen molar-refractivity contribution in [3.8, 4) is 5.75 Å². The zero-order valence-electron chi connectivity index (χ0n) is 17.2. The number of aliphatic hydroxyl groups is 1. The number of aliphatic hydroxyl groups excluding tert-OH is 1. The second-order valence-corrected chi connectivity index (χ2v) is 7.12. The van der Waals surface area contributed by atoms with E-state index in [1.54, 1.807) is 12.1 Å². The van der Waals surface area contributed by atoms with E-state index >= 15 is 0 Å². The number of rotatable bonds is 11. The van der Waals surface area contributed by atoms with Crippen molar-refractivity contribution in [3.05, 3.63) is 65.2 Å². The van der Waals surface area contributed by atoms with E-state index in [2.05, 4.69) is 10.1 Å². The fraction of sp³-hybridized carbons (Fsp3) is 0.364. The van der Waals surface area contributed by atoms with Crippen molar-refractivity contribution >= 4 is 11.9 Å². The molecule has 0 aromatic heterocycles. The molecule has 0 heterocycles. The number of carboxylic acid groups (broad SMARTS) is 2. The van der Waals surface area contributed by atoms with Gasteiger partial charge in [0.2, 0.25) is 0 Å². The van der Waals surface area contributed by atoms with Crippen LogP contribution < -0.4 is 10.1 Å². The average molecular weight is 417 g/mol. The molecule has 4 N–H and O–H groups in total. The standard InChI is InChI=1S/C22H27NO7/c1-14-5-4-6-17(11-14)19(24)13-23-15(2)12-16-7-9-18(10-8-16)30-22(29-3,20(25)26)21(27)28/h4-11,15,19,23-24H,12-13H2,1-3H3,(H,25,26)(H,27,28). The van der Waals surface area contributed by atoms with Gasteiger partial charge in [-0.15, -0.1) is 0 Å². The monoisotopic (exact) mass is 417 g/mol. The van der Waals surface area contributed by atoms with Gasteiger partial charge >= 0.3 is 17.7 Å². The third-order valence-electron chi connectivity index (χ3n) is 4.66. The van der Waals surface area contributed by atoms with Gasteiger partial charge in [0, 0.05) is 19.7 Å². The molecule has 30 heavy (non-hydrogen) atoms. The number of nitrogens with one attached hydrogen (secondary N) is 1. The molecule has 0 aliphatic rings. The van der Waals surface area contributed by atoms with E-state index in [4.69, 9.17) is 4.74 Å². The van der Waals surface area contributed by atoms with Gasteiger partial charge in [-0.25, -0.2) is 9.59 Å². The van der Waals surface area contributed by atoms with E-state index in [1.807, 2.05) is 38.1 Å². The highest BCUT2D eigenvalue weighted by Crippen LogP contribution is 2.22. The van der Waals surface area contributed by atoms with Crippen LogP contribution in [0.2, 0.25) is 0 Å². The highest BCUT2D eigenvalue weighted by Gasteiger charge is 2.51. The van der Waals surface area contributed by atoms with E-state index in [-0.39, 0.29) is 11.8 Å². The molecule has 0 aliphatic carbocycles. The Morgan fingerprint density at radius 3 is 2.27 bits per heavy atom. The van der Waals surface area contributed by atoms with Gasteiger partial charge in [0.1, 0.15) is 5.75 Å². The largest absolute Gasteiger partial charge is 0.476 e. The molecular formula is C22H27NO7. The molecule has 2 unspecified atom stereocenters. The Kier molecular flexibility index (Phi) is 7.93. The molecular weight excluding hydrogens is 390 g/mol. The van der Waals surface area contributed by atoms with Crippen molar-refractivity contribution in [1.82, 2.24) is 5.32 Å². The Balaban J connectivity index is 1.93. The van der Waals surface area contributed by atoms with Crippen LogP contribution in [0.4, 0.5) is 0 Å². The molecule has 8 heteroatoms. The van der Waals surface area contributed by atoms with Crippen molar-refractivity contribution in [1.29, 1.82) is 0 Å². The van der Waals surface area contributed by atoms with E-state index in [0.717, 1.165) is 23.8 Å². The summed E-state index contributed by atoms with van der Waals surface area (Å²) in [7, 11) is 0.954. The van der Waals surface area contributed by atoms with Crippen LogP contribution in [0.5, 0.6) is 5.75 Å². The summed E-state index contributed by atoms with van der Waals surface area (Å²) in [5, 5.41) is 32.0. The lowest BCUT2D eigenvalue weighted by Gasteiger charge is -2.24. The van der Waals surface area contributed by atoms with Crippen LogP contribution in [0, 0.1) is 6.92 Å². The number of aliphatic carboxylic acids is 2. The van der Waals surface area contributed by atoms with Crippen LogP contribution in [0.25, 0.3) is 0 Å². The zero-order chi connectivity index (χ0) is 22.3. The molecule has 8 nitrogen and oxygen atoms in total. The van der Waals surface area contributed by atoms with Gasteiger partial charge in [0.25, 0.3) is 0 Å². The molecule has 162 valence electrons. The molecule has 0 radical (unpaired) electrons. The number of carbonyl (C=O) groups is 2. The molecule has 2 rings (SSSR count). The van der Waals surface area contributed by atoms with Gasteiger partial charge in [-0.3, -0.25) is 0 Å². The number of hydrogen-bond donors (Lipinski definition) is 4. The SMILES string of the molecule is COC(Oc1ccc(CC(C)NCC(O)c2cccc(C)c2)cc1)(C(=O)O)C(=O)O. The maximum absolute atomic E-state index is 11.3. The van der Waals surface area contributed by atoms with Crippen molar-refractivity contribution in [2.45, 2.75) is 38.2 Å². The van der Waals surface area contributed by atoms with E-state index in [9.17, 15) is 24.9 Å². The van der Waals surface area contributed by atoms with Gasteiger partial charge in [-0.05, 0) is 43.5 Å². The molecule has 0 spiro atoms. The number of ether oxygens (including phenoxy) is 2. The normalized spacial score (nSPS) is 13.5. The average Bonchev–Trinajstić information content (AvgIpc) is 2.71. The first kappa shape index (κ1) is 23.3. The Morgan fingerprint density at radius 1 is 1.10 bits per heavy atom. The van der Waals surface area contributed by atoms with Crippen molar-refractivity contribution in [2.75, 3.05) is 13.7 Å². The van der Waals surface area contributed by atoms with E-state index in [1.165, 1.54) is 12.1 Å². The summed E-state index contributed by atoms with van der Waals surface area (Å²) in [4.78, 5) is 22.6. The minimum Gasteiger partial charge on any atom is -0.476 e. The molecule has 0 saturated heterocycles. The van der Waals surface area contributed by atoms with Gasteiger partial charge < -0.3 is 30.1 Å². The van der Waals surface area contributed by atoms with Crippen molar-refractivity contribution in [2.24, 2.45) is 0 Å². The second-order valence-electron chi connectivity index (χ2n) is 7.12. The summed E-state index contributed by atoms with van der Waals surface area (Å²) in [5.74, 6) is -6.26. The van der Waals surface area contributed by atoms with Crippen molar-refractivity contribution in [3.63, 3.8) is 0 Å². The summed E-state index contributed by atoms with van der Waals surface area (Å²) in [6.07, 6.45) is 0.0333. The van der Waals surface area contributed by atoms with Crippen LogP contribution >= 0.6 is 0 Å². The number of benzene rings is 2. The van der Waals surface area contributed by atoms with Gasteiger partial charge in [-0.2, -0.15) is 0 Å². The third-order valence-corrected chi connectivity index (χ3v) is 4.66. The lowest BCUT2D eigenvalue weighted by molar-refractivity contribution is -0.216. The number of aryl methyl sites for hydroxylation is 1. The summed E-state index contributed by atoms with van der Waals surface area (Å²) >= 11 is 0. The highest BCUT2D eigenvalue weighted by atomic mass is 16.7. The molecule has 2 aromatic carbocycles. The number of hydrogen-bond acceptors (Lipinski definition) is 6. The molecule has 0 aliphatic heterocycles. The second kappa shape index (κ2) is 10.2. The molecule has 0 fully saturated rings. The quantitative estimate of drug-likeness (QED) is 0.324. The van der Waals surface area contributed by atoms with Crippen LogP contribution in [0.15, 0.2) is 48.5 Å². The smallest absolute Gasteiger partial charge is 0.410 e. The summed E-state index contributed by atoms with van der Waals surface area (Å²) in [5.41, 5.74) is 2.88. The topological polar surface area (TPSA) is 125 Å². The van der Waals surface area contributed by atoms with Crippen molar-refractivity contribution < 1.29 is 34.4 Å². The van der Waals surface area contributed by atoms with Crippen LogP contribution in [0.1, 0.15) is 29.7 Å². The Bertz CT molecular complexity index is 852. The number of methoxy groups -OCH3 is 1. The molecule has 0 saturated carbocycles. The van der Waals surface area contributed by atoms with E-state index < -0.39 is 23.8 Å². The summed E-state index contributed by atoms with van der Waals surface area (Å²) in [6, 6.07) is 14.2. The minimum absolute atomic E-state index is 0.0564. The van der Waals surface area contributed by atoms with Crippen LogP contribution in [-0.2, 0) is 20.7 Å². The molecule has 2 aromatic rings. The van der Waals surface area contributed by atoms with E-state index in [0.29, 0.717) is 13.0 Å². The zero-order valence-corrected chi connectivity index (χ0v) is 17.2. The molecule has 0 amide bonds. The van der Waals surface area contributed by atoms with Gasteiger partial charge in [0.05, 0.1) is 6.10 Å². The molecule has 2 atom stereocenters. The Morgan fingerprint density at radius 2 is 1.73 bits per heavy atom. The lowest BCUT2D eigenvalue weighted by Crippen LogP contribution is -2.53. The maximum Gasteiger partial charge on any atom is 0.410 e. The third kappa shape index (κ3) is 5.79. The van der Waals surface area contributed by atoms with Crippen LogP contribution in [-0.4, -0.2) is 52.7 Å². The predicted molar refractivity (Wildman–Crippen MR) is 109 cm³/mol. The Hall–Kier alpha value is -2.94. The van der Waals surface area contributed by atoms with Crippen LogP contribution in [0.3, 0.4) is 0 Å². The first-order chi connectivity index (χ1) is 14.2. The molecule has 0 bridgehead atoms. The summed E-state index contributed by atoms with van der Waals surface area (Å²) < 4.78 is 9.70. The maximum atomic E-state index is 11.3. The first-order valence-electron chi connectivity index (χ1n) is 9.46. The lowest BCUT2D eigenvalue weighted by atomic mass is 10.0.